The molecule has 16 nitrogen and oxygen atoms in total. The van der Waals surface area contributed by atoms with Crippen LogP contribution in [0.4, 0.5) is 0 Å². The van der Waals surface area contributed by atoms with Gasteiger partial charge in [-0.2, -0.15) is 0 Å². The van der Waals surface area contributed by atoms with Crippen LogP contribution < -0.4 is 18.9 Å². The van der Waals surface area contributed by atoms with E-state index in [9.17, 15) is 44.1 Å². The average molecular weight is 1120 g/mol. The van der Waals surface area contributed by atoms with Crippen LogP contribution in [0.1, 0.15) is 166 Å². The van der Waals surface area contributed by atoms with E-state index < -0.39 is 68.4 Å². The number of carbonyl (C=O) groups is 6. The molecule has 6 aliphatic heterocycles. The molecule has 432 valence electrons. The number of carbonyl (C=O) groups excluding carboxylic acids is 5. The Labute approximate surface area is 477 Å². The predicted octanol–water partition coefficient (Wildman–Crippen LogP) is 11.1. The quantitative estimate of drug-likeness (QED) is 0.0822. The van der Waals surface area contributed by atoms with Gasteiger partial charge >= 0.3 is 5.97 Å². The summed E-state index contributed by atoms with van der Waals surface area (Å²) in [4.78, 5) is 80.1. The molecule has 2 aromatic rings. The molecule has 12 aliphatic rings. The molecule has 16 heteroatoms. The second-order valence-electron chi connectivity index (χ2n) is 26.3. The number of hydrogen-bond acceptors (Lipinski definition) is 15. The van der Waals surface area contributed by atoms with Gasteiger partial charge in [0.25, 0.3) is 6.47 Å². The third-order valence-corrected chi connectivity index (χ3v) is 18.6. The van der Waals surface area contributed by atoms with Gasteiger partial charge in [0, 0.05) is 64.4 Å². The molecule has 82 heavy (non-hydrogen) atoms. The number of fused-ring (bicyclic) bond motifs is 4. The third-order valence-electron chi connectivity index (χ3n) is 18.6. The Kier molecular flexibility index (Phi) is 12.7. The van der Waals surface area contributed by atoms with E-state index in [-0.39, 0.29) is 81.7 Å². The van der Waals surface area contributed by atoms with Crippen molar-refractivity contribution < 1.29 is 77.2 Å². The van der Waals surface area contributed by atoms with Gasteiger partial charge in [0.15, 0.2) is 45.5 Å². The Morgan fingerprint density at radius 2 is 1.00 bits per heavy atom. The van der Waals surface area contributed by atoms with Gasteiger partial charge in [-0.15, -0.1) is 0 Å². The van der Waals surface area contributed by atoms with Crippen LogP contribution in [0.2, 0.25) is 0 Å². The van der Waals surface area contributed by atoms with E-state index in [1.807, 2.05) is 107 Å². The smallest absolute Gasteiger partial charge is 0.330 e. The lowest BCUT2D eigenvalue weighted by molar-refractivity contribution is -0.172. The van der Waals surface area contributed by atoms with E-state index >= 15 is 0 Å². The van der Waals surface area contributed by atoms with Gasteiger partial charge < -0.3 is 48.5 Å². The Hall–Kier alpha value is -7.30. The van der Waals surface area contributed by atoms with Crippen molar-refractivity contribution >= 4 is 47.7 Å². The number of phenolic OH excluding ortho intramolecular Hbond substituents is 2. The summed E-state index contributed by atoms with van der Waals surface area (Å²) in [5, 5.41) is 32.7. The highest BCUT2D eigenvalue weighted by atomic mass is 16.6. The summed E-state index contributed by atoms with van der Waals surface area (Å²) < 4.78 is 45.3. The largest absolute Gasteiger partial charge is 0.506 e. The molecule has 0 amide bonds. The fourth-order valence-electron chi connectivity index (χ4n) is 14.9. The first-order valence-corrected chi connectivity index (χ1v) is 28.2. The Morgan fingerprint density at radius 3 is 1.38 bits per heavy atom. The number of aromatic hydroxyl groups is 2. The third kappa shape index (κ3) is 7.74. The number of benzene rings is 2. The monoisotopic (exact) mass is 1120 g/mol. The summed E-state index contributed by atoms with van der Waals surface area (Å²) >= 11 is 0. The standard InChI is InChI=1S/2C33H36O8/c1-17(2)8-9-21-27-20(11-12-30(4,5)39-27)25(35)24-26(36)22-14-19-15-23-31(6,7)41-32(29(19)37,13-10-18(3)38-16-34)33(22,23)40-28(21)24;1-16(2)8-9-20-26-19(11-12-30(4,5)39-26)24(34)23-25(35)21-14-18-15-22-31(6,7)41-32(28(18)36,13-10-17(3)29(37)38)33(21,22)40-27(20)23/h8,10-12,14,16,19,23,35H,9,13,15H2,1-7H3;8,10-12,14,18,22,34H,9,13,15H2,1-7H3,(H,37,38)/b18-10-;17-10+/t19-,23?,32-,33-;18-,22?,32-,33-/m11/s1. The second kappa shape index (κ2) is 18.3. The van der Waals surface area contributed by atoms with Gasteiger partial charge in [-0.1, -0.05) is 41.5 Å². The number of ether oxygens (including phenoxy) is 7. The Balaban J connectivity index is 0.000000172. The zero-order valence-electron chi connectivity index (χ0n) is 49.1. The lowest BCUT2D eigenvalue weighted by Gasteiger charge is -2.56. The molecule has 0 radical (unpaired) electrons. The molecule has 3 N–H and O–H groups in total. The van der Waals surface area contributed by atoms with Crippen LogP contribution in [0.5, 0.6) is 34.5 Å². The maximum atomic E-state index is 14.5. The number of ketones is 4. The molecule has 6 aliphatic carbocycles. The Bertz CT molecular complexity index is 3560. The highest BCUT2D eigenvalue weighted by Gasteiger charge is 2.83. The van der Waals surface area contributed by atoms with Crippen molar-refractivity contribution in [1.29, 1.82) is 0 Å². The van der Waals surface area contributed by atoms with E-state index in [1.54, 1.807) is 37.3 Å². The van der Waals surface area contributed by atoms with Crippen LogP contribution in [-0.2, 0) is 46.2 Å². The molecule has 2 saturated carbocycles. The van der Waals surface area contributed by atoms with E-state index in [0.717, 1.165) is 11.1 Å². The topological polar surface area (TPSA) is 228 Å². The molecule has 2 unspecified atom stereocenters. The van der Waals surface area contributed by atoms with Crippen LogP contribution >= 0.6 is 0 Å². The SMILES string of the molecule is CC(C)=CCc1c2c(c(O)c3c1O[C@]14C(=C[C@@H]5CC1C(C)(C)O[C@]4(C/C=C(/C)OC=O)C5=O)C3=O)C=CC(C)(C)O2.CC(C)=CCc1c2c(c(O)c3c1O[C@]14C(=C[C@@H]5CC1C(C)(C)O[C@]4(C/C=C(\C)C(=O)O)C5=O)C3=O)C=CC(C)(C)O2. The molecule has 4 fully saturated rings. The maximum Gasteiger partial charge on any atom is 0.330 e. The van der Waals surface area contributed by atoms with E-state index in [1.165, 1.54) is 13.0 Å². The number of rotatable bonds is 11. The molecule has 8 atom stereocenters. The van der Waals surface area contributed by atoms with Crippen molar-refractivity contribution in [1.82, 2.24) is 0 Å². The summed E-state index contributed by atoms with van der Waals surface area (Å²) in [5.41, 5.74) is -4.03. The number of carboxylic acids is 1. The highest BCUT2D eigenvalue weighted by Crippen LogP contribution is 2.71. The zero-order chi connectivity index (χ0) is 59.6. The fraction of sp³-hybridized carbons (Fsp3) is 0.485. The minimum absolute atomic E-state index is 0.0500. The van der Waals surface area contributed by atoms with Gasteiger partial charge in [0.2, 0.25) is 0 Å². The van der Waals surface area contributed by atoms with Crippen molar-refractivity contribution in [2.24, 2.45) is 23.7 Å². The van der Waals surface area contributed by atoms with Crippen LogP contribution in [0, 0.1) is 23.7 Å². The first kappa shape index (κ1) is 56.6. The highest BCUT2D eigenvalue weighted by molar-refractivity contribution is 6.20. The first-order valence-electron chi connectivity index (χ1n) is 28.2. The summed E-state index contributed by atoms with van der Waals surface area (Å²) in [7, 11) is 0. The normalized spacial score (nSPS) is 31.3. The minimum Gasteiger partial charge on any atom is -0.506 e. The average Bonchev–Trinajstić information content (AvgIpc) is 1.41. The van der Waals surface area contributed by atoms with Crippen molar-refractivity contribution in [3.8, 4) is 34.5 Å². The van der Waals surface area contributed by atoms with Crippen LogP contribution in [-0.4, -0.2) is 95.7 Å². The first-order chi connectivity index (χ1) is 38.2. The maximum absolute atomic E-state index is 14.5. The molecule has 0 aromatic heterocycles. The number of carboxylic acid groups (broad SMARTS) is 1. The van der Waals surface area contributed by atoms with Gasteiger partial charge in [0.1, 0.15) is 62.6 Å². The lowest BCUT2D eigenvalue weighted by Crippen LogP contribution is -2.72. The molecule has 14 rings (SSSR count). The lowest BCUT2D eigenvalue weighted by atomic mass is 9.51. The van der Waals surface area contributed by atoms with Gasteiger partial charge in [0.05, 0.1) is 22.3 Å². The van der Waals surface area contributed by atoms with Crippen LogP contribution in [0.3, 0.4) is 0 Å². The molecule has 6 heterocycles. The summed E-state index contributed by atoms with van der Waals surface area (Å²) in [6.07, 6.45) is 19.5. The van der Waals surface area contributed by atoms with Crippen molar-refractivity contribution in [3.63, 3.8) is 0 Å². The van der Waals surface area contributed by atoms with Gasteiger partial charge in [-0.3, -0.25) is 24.0 Å². The number of Topliss-reactive ketones (excluding diaryl/α,β-unsaturated/α-hetero) is 4. The second-order valence-corrected chi connectivity index (χ2v) is 26.3. The summed E-state index contributed by atoms with van der Waals surface area (Å²) in [6, 6.07) is 0. The zero-order valence-corrected chi connectivity index (χ0v) is 49.1. The van der Waals surface area contributed by atoms with Gasteiger partial charge in [-0.25, -0.2) is 4.79 Å². The molecule has 2 aromatic carbocycles. The minimum atomic E-state index is -1.61. The van der Waals surface area contributed by atoms with E-state index in [2.05, 4.69) is 0 Å². The predicted molar refractivity (Wildman–Crippen MR) is 302 cm³/mol. The molecular formula is C66H72O16. The van der Waals surface area contributed by atoms with Crippen molar-refractivity contribution in [2.45, 2.75) is 180 Å². The Morgan fingerprint density at radius 1 is 0.598 bits per heavy atom. The number of hydrogen-bond donors (Lipinski definition) is 3. The van der Waals surface area contributed by atoms with Crippen LogP contribution in [0.25, 0.3) is 12.2 Å². The summed E-state index contributed by atoms with van der Waals surface area (Å²) in [5.74, 6) is -2.90. The van der Waals surface area contributed by atoms with Crippen LogP contribution in [0.15, 0.2) is 82.2 Å². The number of phenols is 2. The molecule has 2 spiro atoms. The summed E-state index contributed by atoms with van der Waals surface area (Å²) in [6.45, 7) is 26.6. The molecule has 8 bridgehead atoms. The number of allylic oxidation sites excluding steroid dienone is 7. The number of aliphatic carboxylic acids is 1. The van der Waals surface area contributed by atoms with Crippen molar-refractivity contribution in [3.05, 3.63) is 116 Å². The molecular weight excluding hydrogens is 1050 g/mol. The fourth-order valence-corrected chi connectivity index (χ4v) is 14.9. The van der Waals surface area contributed by atoms with E-state index in [4.69, 9.17) is 33.2 Å². The van der Waals surface area contributed by atoms with Gasteiger partial charge in [-0.05, 0) is 153 Å². The molecule has 2 saturated heterocycles. The van der Waals surface area contributed by atoms with Crippen molar-refractivity contribution in [2.75, 3.05) is 0 Å². The van der Waals surface area contributed by atoms with E-state index in [0.29, 0.717) is 82.8 Å².